The van der Waals surface area contributed by atoms with E-state index in [1.54, 1.807) is 42.6 Å². The van der Waals surface area contributed by atoms with E-state index in [2.05, 4.69) is 10.3 Å². The minimum atomic E-state index is -0.555. The quantitative estimate of drug-likeness (QED) is 0.418. The van der Waals surface area contributed by atoms with Crippen molar-refractivity contribution in [2.24, 2.45) is 0 Å². The minimum absolute atomic E-state index is 0.0455. The Morgan fingerprint density at radius 1 is 1.24 bits per heavy atom. The van der Waals surface area contributed by atoms with Gasteiger partial charge in [0, 0.05) is 23.9 Å². The molecule has 1 aliphatic rings. The molecule has 33 heavy (non-hydrogen) atoms. The molecule has 1 N–H and O–H groups in total. The van der Waals surface area contributed by atoms with Crippen molar-refractivity contribution in [3.05, 3.63) is 83.4 Å². The van der Waals surface area contributed by atoms with E-state index in [0.717, 1.165) is 19.4 Å². The van der Waals surface area contributed by atoms with Crippen LogP contribution in [0.4, 0.5) is 10.1 Å². The Morgan fingerprint density at radius 3 is 2.88 bits per heavy atom. The first-order valence-electron chi connectivity index (χ1n) is 10.5. The summed E-state index contributed by atoms with van der Waals surface area (Å²) in [6.07, 6.45) is 7.91. The largest absolute Gasteiger partial charge is 0.489 e. The van der Waals surface area contributed by atoms with Crippen LogP contribution in [-0.4, -0.2) is 30.2 Å². The fourth-order valence-electron chi connectivity index (χ4n) is 3.27. The number of carbonyl (C=O) groups excluding carboxylic acids is 1. The van der Waals surface area contributed by atoms with Gasteiger partial charge >= 0.3 is 0 Å². The SMILES string of the molecule is O=C(/C=C/c1ccc(Oc2cccnc2)c(F)c1)Nc1cc(Cl)ccc1OCC1CCCO1. The molecule has 1 saturated heterocycles. The van der Waals surface area contributed by atoms with Gasteiger partial charge in [0.15, 0.2) is 11.6 Å². The Morgan fingerprint density at radius 2 is 2.12 bits per heavy atom. The highest BCUT2D eigenvalue weighted by Gasteiger charge is 2.17. The average molecular weight is 469 g/mol. The zero-order valence-corrected chi connectivity index (χ0v) is 18.4. The third-order valence-electron chi connectivity index (χ3n) is 4.89. The number of pyridine rings is 1. The van der Waals surface area contributed by atoms with Crippen LogP contribution in [-0.2, 0) is 9.53 Å². The molecule has 6 nitrogen and oxygen atoms in total. The van der Waals surface area contributed by atoms with Gasteiger partial charge in [-0.15, -0.1) is 0 Å². The van der Waals surface area contributed by atoms with Gasteiger partial charge in [-0.1, -0.05) is 17.7 Å². The van der Waals surface area contributed by atoms with Crippen molar-refractivity contribution in [2.75, 3.05) is 18.5 Å². The molecule has 0 aliphatic carbocycles. The van der Waals surface area contributed by atoms with Crippen molar-refractivity contribution >= 4 is 29.3 Å². The molecule has 3 aromatic rings. The molecule has 4 rings (SSSR count). The zero-order chi connectivity index (χ0) is 23.0. The van der Waals surface area contributed by atoms with E-state index in [1.165, 1.54) is 30.5 Å². The van der Waals surface area contributed by atoms with Gasteiger partial charge < -0.3 is 19.5 Å². The molecule has 0 saturated carbocycles. The molecule has 8 heteroatoms. The van der Waals surface area contributed by atoms with Gasteiger partial charge in [-0.3, -0.25) is 9.78 Å². The first kappa shape index (κ1) is 22.8. The summed E-state index contributed by atoms with van der Waals surface area (Å²) in [5.74, 6) is 0.0330. The van der Waals surface area contributed by atoms with Gasteiger partial charge in [0.1, 0.15) is 18.1 Å². The summed E-state index contributed by atoms with van der Waals surface area (Å²) in [6.45, 7) is 1.13. The maximum Gasteiger partial charge on any atom is 0.248 e. The number of carbonyl (C=O) groups is 1. The topological polar surface area (TPSA) is 69.7 Å². The first-order chi connectivity index (χ1) is 16.1. The summed E-state index contributed by atoms with van der Waals surface area (Å²) in [5.41, 5.74) is 0.948. The molecule has 2 aromatic carbocycles. The van der Waals surface area contributed by atoms with Gasteiger partial charge in [0.25, 0.3) is 0 Å². The summed E-state index contributed by atoms with van der Waals surface area (Å²) in [4.78, 5) is 16.4. The Kier molecular flexibility index (Phi) is 7.55. The lowest BCUT2D eigenvalue weighted by atomic mass is 10.2. The lowest BCUT2D eigenvalue weighted by molar-refractivity contribution is -0.111. The van der Waals surface area contributed by atoms with Crippen LogP contribution in [0.3, 0.4) is 0 Å². The van der Waals surface area contributed by atoms with Gasteiger partial charge in [-0.2, -0.15) is 0 Å². The second-order valence-corrected chi connectivity index (χ2v) is 7.83. The van der Waals surface area contributed by atoms with Crippen molar-refractivity contribution in [1.82, 2.24) is 4.98 Å². The van der Waals surface area contributed by atoms with Crippen LogP contribution in [0.25, 0.3) is 6.08 Å². The van der Waals surface area contributed by atoms with Crippen LogP contribution in [0.1, 0.15) is 18.4 Å². The number of nitrogens with zero attached hydrogens (tertiary/aromatic N) is 1. The van der Waals surface area contributed by atoms with E-state index in [1.807, 2.05) is 0 Å². The van der Waals surface area contributed by atoms with Gasteiger partial charge in [-0.05, 0) is 66.9 Å². The van der Waals surface area contributed by atoms with E-state index in [4.69, 9.17) is 25.8 Å². The predicted octanol–water partition coefficient (Wildman–Crippen LogP) is 5.88. The summed E-state index contributed by atoms with van der Waals surface area (Å²) in [5, 5.41) is 3.22. The molecule has 1 aromatic heterocycles. The Balaban J connectivity index is 1.38. The van der Waals surface area contributed by atoms with Crippen LogP contribution in [0, 0.1) is 5.82 Å². The number of nitrogens with one attached hydrogen (secondary N) is 1. The van der Waals surface area contributed by atoms with Crippen LogP contribution < -0.4 is 14.8 Å². The Hall–Kier alpha value is -3.42. The Bertz CT molecular complexity index is 1130. The highest BCUT2D eigenvalue weighted by Crippen LogP contribution is 2.29. The zero-order valence-electron chi connectivity index (χ0n) is 17.7. The van der Waals surface area contributed by atoms with Crippen LogP contribution in [0.5, 0.6) is 17.2 Å². The molecule has 0 spiro atoms. The lowest BCUT2D eigenvalue weighted by Crippen LogP contribution is -2.17. The molecular weight excluding hydrogens is 447 g/mol. The van der Waals surface area contributed by atoms with Crippen LogP contribution in [0.2, 0.25) is 5.02 Å². The monoisotopic (exact) mass is 468 g/mol. The molecule has 1 aliphatic heterocycles. The second kappa shape index (κ2) is 10.9. The second-order valence-electron chi connectivity index (χ2n) is 7.39. The first-order valence-corrected chi connectivity index (χ1v) is 10.8. The van der Waals surface area contributed by atoms with Gasteiger partial charge in [0.05, 0.1) is 18.0 Å². The summed E-state index contributed by atoms with van der Waals surface area (Å²) >= 11 is 6.08. The molecule has 1 unspecified atom stereocenters. The molecule has 170 valence electrons. The van der Waals surface area contributed by atoms with Gasteiger partial charge in [-0.25, -0.2) is 4.39 Å². The van der Waals surface area contributed by atoms with E-state index >= 15 is 0 Å². The van der Waals surface area contributed by atoms with E-state index < -0.39 is 11.7 Å². The maximum absolute atomic E-state index is 14.4. The standard InChI is InChI=1S/C25H22ClFN2O4/c26-18-7-9-24(32-16-20-4-2-12-31-20)22(14-18)29-25(30)10-6-17-5-8-23(21(27)13-17)33-19-3-1-11-28-15-19/h1,3,5-11,13-15,20H,2,4,12,16H2,(H,29,30)/b10-6+. The smallest absolute Gasteiger partial charge is 0.248 e. The van der Waals surface area contributed by atoms with Crippen LogP contribution in [0.15, 0.2) is 67.0 Å². The van der Waals surface area contributed by atoms with Gasteiger partial charge in [0.2, 0.25) is 5.91 Å². The molecular formula is C25H22ClFN2O4. The number of amides is 1. The highest BCUT2D eigenvalue weighted by molar-refractivity contribution is 6.31. The summed E-state index contributed by atoms with van der Waals surface area (Å²) in [7, 11) is 0. The number of hydrogen-bond donors (Lipinski definition) is 1. The number of hydrogen-bond acceptors (Lipinski definition) is 5. The number of aromatic nitrogens is 1. The fourth-order valence-corrected chi connectivity index (χ4v) is 3.44. The highest BCUT2D eigenvalue weighted by atomic mass is 35.5. The summed E-state index contributed by atoms with van der Waals surface area (Å²) < 4.78 is 31.3. The normalized spacial score (nSPS) is 15.5. The van der Waals surface area contributed by atoms with E-state index in [-0.39, 0.29) is 11.9 Å². The minimum Gasteiger partial charge on any atom is -0.489 e. The van der Waals surface area contributed by atoms with Crippen molar-refractivity contribution in [1.29, 1.82) is 0 Å². The predicted molar refractivity (Wildman–Crippen MR) is 124 cm³/mol. The molecule has 0 bridgehead atoms. The number of rotatable bonds is 8. The Labute approximate surface area is 196 Å². The lowest BCUT2D eigenvalue weighted by Gasteiger charge is -2.15. The van der Waals surface area contributed by atoms with E-state index in [9.17, 15) is 9.18 Å². The average Bonchev–Trinajstić information content (AvgIpc) is 3.33. The maximum atomic E-state index is 14.4. The number of benzene rings is 2. The molecule has 0 radical (unpaired) electrons. The van der Waals surface area contributed by atoms with Crippen molar-refractivity contribution in [3.8, 4) is 17.2 Å². The number of halogens is 2. The molecule has 1 atom stereocenters. The summed E-state index contributed by atoms with van der Waals surface area (Å²) in [6, 6.07) is 12.8. The van der Waals surface area contributed by atoms with E-state index in [0.29, 0.717) is 34.4 Å². The third kappa shape index (κ3) is 6.54. The molecule has 1 fully saturated rings. The van der Waals surface area contributed by atoms with Crippen molar-refractivity contribution in [3.63, 3.8) is 0 Å². The number of ether oxygens (including phenoxy) is 3. The van der Waals surface area contributed by atoms with Crippen LogP contribution >= 0.6 is 11.6 Å². The van der Waals surface area contributed by atoms with Crippen molar-refractivity contribution < 1.29 is 23.4 Å². The fraction of sp³-hybridized carbons (Fsp3) is 0.200. The molecule has 1 amide bonds. The number of anilines is 1. The van der Waals surface area contributed by atoms with Crippen molar-refractivity contribution in [2.45, 2.75) is 18.9 Å². The third-order valence-corrected chi connectivity index (χ3v) is 5.13. The molecule has 2 heterocycles.